The molecule has 0 aromatic heterocycles. The lowest BCUT2D eigenvalue weighted by molar-refractivity contribution is -0.234. The van der Waals surface area contributed by atoms with Gasteiger partial charge in [-0.2, -0.15) is 54.7 Å². The maximum absolute atomic E-state index is 11.6. The van der Waals surface area contributed by atoms with Crippen molar-refractivity contribution in [3.8, 4) is 0 Å². The van der Waals surface area contributed by atoms with E-state index in [2.05, 4.69) is 47.2 Å². The van der Waals surface area contributed by atoms with E-state index in [1.54, 1.807) is 0 Å². The van der Waals surface area contributed by atoms with E-state index in [1.807, 2.05) is 0 Å². The Morgan fingerprint density at radius 3 is 0.557 bits per heavy atom. The van der Waals surface area contributed by atoms with Gasteiger partial charge < -0.3 is 50.2 Å². The van der Waals surface area contributed by atoms with Crippen LogP contribution in [-0.2, 0) is 79.2 Å². The smallest absolute Gasteiger partial charge is 0.342 e. The summed E-state index contributed by atoms with van der Waals surface area (Å²) in [7, 11) is -17.4. The summed E-state index contributed by atoms with van der Waals surface area (Å²) in [4.78, 5) is 57.2. The number of aliphatic hydroxyl groups excluding tert-OH is 6. The van der Waals surface area contributed by atoms with Crippen molar-refractivity contribution in [3.05, 3.63) is 0 Å². The number of carbonyl (C=O) groups is 4. The lowest BCUT2D eigenvalue weighted by Crippen LogP contribution is -2.42. The van der Waals surface area contributed by atoms with Crippen molar-refractivity contribution in [3.63, 3.8) is 0 Å². The molecule has 0 amide bonds. The van der Waals surface area contributed by atoms with Crippen LogP contribution in [0.5, 0.6) is 0 Å². The maximum Gasteiger partial charge on any atom is 0.342 e. The van der Waals surface area contributed by atoms with Crippen LogP contribution in [0, 0.1) is 0 Å². The molecule has 0 rings (SSSR count). The molecule has 0 aliphatic heterocycles. The van der Waals surface area contributed by atoms with Crippen molar-refractivity contribution >= 4 is 64.3 Å². The minimum atomic E-state index is -4.46. The van der Waals surface area contributed by atoms with Crippen molar-refractivity contribution in [2.75, 3.05) is 0 Å². The van der Waals surface area contributed by atoms with E-state index < -0.39 is 122 Å². The second-order valence-electron chi connectivity index (χ2n) is 28.1. The van der Waals surface area contributed by atoms with Crippen molar-refractivity contribution in [1.29, 1.82) is 0 Å². The highest BCUT2D eigenvalue weighted by Crippen LogP contribution is 2.26. The molecule has 10 unspecified atom stereocenters. The van der Waals surface area contributed by atoms with Crippen LogP contribution in [0.3, 0.4) is 0 Å². The zero-order valence-corrected chi connectivity index (χ0v) is 67.6. The second-order valence-corrected chi connectivity index (χ2v) is 34.6. The molecular formula is C72H144O30S4. The van der Waals surface area contributed by atoms with E-state index in [9.17, 15) is 102 Å². The van der Waals surface area contributed by atoms with Crippen LogP contribution in [0.4, 0.5) is 0 Å². The second kappa shape index (κ2) is 71.2. The van der Waals surface area contributed by atoms with Gasteiger partial charge in [-0.1, -0.05) is 272 Å². The summed E-state index contributed by atoms with van der Waals surface area (Å²) in [6.07, 6.45) is 30.7. The molecular weight excluding hydrogens is 1470 g/mol. The normalized spacial score (nSPS) is 14.7. The number of carbonyl (C=O) groups excluding carboxylic acids is 4. The van der Waals surface area contributed by atoms with Gasteiger partial charge in [-0.05, 0) is 77.0 Å². The highest BCUT2D eigenvalue weighted by molar-refractivity contribution is 7.87. The van der Waals surface area contributed by atoms with E-state index in [-0.39, 0.29) is 57.8 Å². The van der Waals surface area contributed by atoms with Crippen LogP contribution in [0.15, 0.2) is 0 Å². The van der Waals surface area contributed by atoms with Crippen LogP contribution < -0.4 is 0 Å². The van der Waals surface area contributed by atoms with E-state index in [4.69, 9.17) is 21.0 Å². The summed E-state index contributed by atoms with van der Waals surface area (Å²) in [6, 6.07) is 0. The quantitative estimate of drug-likeness (QED) is 0.00884. The molecule has 30 nitrogen and oxygen atoms in total. The first-order chi connectivity index (χ1) is 50.1. The van der Waals surface area contributed by atoms with E-state index in [0.29, 0.717) is 116 Å². The number of hydrogen-bond donors (Lipinski definition) is 14. The summed E-state index contributed by atoms with van der Waals surface area (Å²) in [5.74, 6) is -2.69. The molecule has 0 bridgehead atoms. The fourth-order valence-electron chi connectivity index (χ4n) is 12.2. The number of unbranched alkanes of at least 4 members (excludes halogenated alkanes) is 34. The van der Waals surface area contributed by atoms with Crippen LogP contribution in [0.2, 0.25) is 0 Å². The van der Waals surface area contributed by atoms with Gasteiger partial charge in [-0.15, -0.1) is 0 Å². The van der Waals surface area contributed by atoms with Gasteiger partial charge in [0.05, 0.1) is 36.6 Å². The Labute approximate surface area is 635 Å². The van der Waals surface area contributed by atoms with Crippen molar-refractivity contribution in [2.45, 2.75) is 432 Å². The highest BCUT2D eigenvalue weighted by Gasteiger charge is 2.37. The SMILES string of the molecule is CCCCCCCC(O)C(O)C(CCCCCCCC(=O)OO)S(=O)(=O)O.CCCCCCCCC(C(O)C(O)CCCCCCC(=O)OO)S(=O)(=O)O.CCCCCCCCC(C(O)CCCCCCCC(=O)OO)S(=O)(=O)O.CCCCCCCCC(O)C(CCCCCCCC(=O)OO)S(=O)(=O)O. The fourth-order valence-corrected chi connectivity index (χ4v) is 16.2. The minimum Gasteiger partial charge on any atom is -0.392 e. The molecule has 0 aliphatic carbocycles. The first-order valence-corrected chi connectivity index (χ1v) is 45.4. The van der Waals surface area contributed by atoms with Gasteiger partial charge in [0.25, 0.3) is 40.5 Å². The molecule has 0 heterocycles. The van der Waals surface area contributed by atoms with Crippen LogP contribution in [0.1, 0.15) is 374 Å². The third-order valence-electron chi connectivity index (χ3n) is 18.7. The van der Waals surface area contributed by atoms with Gasteiger partial charge in [-0.3, -0.25) is 18.2 Å². The first kappa shape index (κ1) is 109. The summed E-state index contributed by atoms with van der Waals surface area (Å²) in [5, 5.41) is 88.3. The minimum absolute atomic E-state index is 0.0611. The molecule has 0 aromatic carbocycles. The van der Waals surface area contributed by atoms with Crippen LogP contribution in [-0.4, -0.2) is 185 Å². The van der Waals surface area contributed by atoms with Crippen LogP contribution >= 0.6 is 0 Å². The van der Waals surface area contributed by atoms with E-state index >= 15 is 0 Å². The Hall–Kier alpha value is -2.88. The molecule has 0 spiro atoms. The number of aliphatic hydroxyl groups is 6. The zero-order valence-electron chi connectivity index (χ0n) is 64.4. The van der Waals surface area contributed by atoms with Gasteiger partial charge in [0.1, 0.15) is 21.0 Å². The highest BCUT2D eigenvalue weighted by atomic mass is 32.2. The molecule has 106 heavy (non-hydrogen) atoms. The molecule has 34 heteroatoms. The molecule has 0 saturated carbocycles. The van der Waals surface area contributed by atoms with E-state index in [1.165, 1.54) is 19.3 Å². The van der Waals surface area contributed by atoms with Gasteiger partial charge in [0.15, 0.2) is 0 Å². The molecule has 0 aromatic rings. The molecule has 0 radical (unpaired) electrons. The lowest BCUT2D eigenvalue weighted by atomic mass is 9.99. The largest absolute Gasteiger partial charge is 0.392 e. The average Bonchev–Trinajstić information content (AvgIpc) is 0.876. The third-order valence-corrected chi connectivity index (χ3v) is 23.9. The number of hydrogen-bond acceptors (Lipinski definition) is 26. The third kappa shape index (κ3) is 66.9. The topological polar surface area (TPSA) is 525 Å². The Bertz CT molecular complexity index is 2550. The van der Waals surface area contributed by atoms with E-state index in [0.717, 1.165) is 154 Å². The predicted octanol–water partition coefficient (Wildman–Crippen LogP) is 14.3. The van der Waals surface area contributed by atoms with Crippen molar-refractivity contribution < 1.29 is 142 Å². The fraction of sp³-hybridized carbons (Fsp3) is 0.944. The van der Waals surface area contributed by atoms with Crippen LogP contribution in [0.25, 0.3) is 0 Å². The van der Waals surface area contributed by atoms with Gasteiger partial charge >= 0.3 is 23.9 Å². The molecule has 0 aliphatic rings. The Kier molecular flexibility index (Phi) is 73.5. The molecule has 14 N–H and O–H groups in total. The van der Waals surface area contributed by atoms with Crippen molar-refractivity contribution in [1.82, 2.24) is 0 Å². The summed E-state index contributed by atoms with van der Waals surface area (Å²) < 4.78 is 130. The average molecular weight is 1620 g/mol. The maximum atomic E-state index is 11.6. The monoisotopic (exact) mass is 1620 g/mol. The Balaban J connectivity index is -0.000000654. The summed E-state index contributed by atoms with van der Waals surface area (Å²) in [5.41, 5.74) is 0. The lowest BCUT2D eigenvalue weighted by Gasteiger charge is -2.24. The summed E-state index contributed by atoms with van der Waals surface area (Å²) in [6.45, 7) is 8.48. The molecule has 10 atom stereocenters. The molecule has 636 valence electrons. The predicted molar refractivity (Wildman–Crippen MR) is 404 cm³/mol. The standard InChI is InChI=1S/2C18H36O8S.2C18H36O7S/c1-2-3-4-6-9-12-15(19)18(21)16(27(23,24)25)13-10-7-5-8-11-14-17(20)26-22;1-2-3-4-5-6-10-13-16(27(23,24)25)18(21)15(19)12-9-7-8-11-14-17(20)26-22;1-2-3-4-5-8-11-14-17(26(22,23)24)16(19)13-10-7-6-9-12-15-18(20)25-21;1-2-3-4-5-7-10-13-16(19)17(26(22,23)24)14-11-8-6-9-12-15-18(20)25-21/h2*15-16,18-19,21-22H,2-14H2,1H3,(H,23,24,25);2*16-17,19,21H,2-15H2,1H3,(H,22,23,24). The molecule has 0 saturated heterocycles. The van der Waals surface area contributed by atoms with Gasteiger partial charge in [0.2, 0.25) is 0 Å². The number of rotatable bonds is 68. The van der Waals surface area contributed by atoms with Gasteiger partial charge in [-0.25, -0.2) is 19.2 Å². The Morgan fingerprint density at radius 1 is 0.226 bits per heavy atom. The van der Waals surface area contributed by atoms with Gasteiger partial charge in [0, 0.05) is 25.7 Å². The Morgan fingerprint density at radius 2 is 0.377 bits per heavy atom. The summed E-state index contributed by atoms with van der Waals surface area (Å²) >= 11 is 0. The first-order valence-electron chi connectivity index (χ1n) is 39.4. The zero-order chi connectivity index (χ0) is 81.1. The van der Waals surface area contributed by atoms with Crippen molar-refractivity contribution in [2.24, 2.45) is 0 Å². The molecule has 0 fully saturated rings.